The second-order valence-electron chi connectivity index (χ2n) is 2.99. The van der Waals surface area contributed by atoms with Crippen LogP contribution in [0.1, 0.15) is 11.1 Å². The van der Waals surface area contributed by atoms with Crippen molar-refractivity contribution in [2.45, 2.75) is 6.92 Å². The van der Waals surface area contributed by atoms with E-state index in [0.29, 0.717) is 11.3 Å². The van der Waals surface area contributed by atoms with Crippen molar-refractivity contribution in [3.63, 3.8) is 0 Å². The summed E-state index contributed by atoms with van der Waals surface area (Å²) < 4.78 is 5.05. The predicted octanol–water partition coefficient (Wildman–Crippen LogP) is 2.10. The first-order valence-corrected chi connectivity index (χ1v) is 4.13. The van der Waals surface area contributed by atoms with Gasteiger partial charge in [0.15, 0.2) is 0 Å². The maximum atomic E-state index is 10.7. The van der Waals surface area contributed by atoms with Crippen molar-refractivity contribution >= 4 is 11.5 Å². The molecule has 3 heteroatoms. The maximum absolute atomic E-state index is 10.7. The second-order valence-corrected chi connectivity index (χ2v) is 2.99. The summed E-state index contributed by atoms with van der Waals surface area (Å²) in [5, 5.41) is 8.79. The van der Waals surface area contributed by atoms with Gasteiger partial charge in [-0.15, -0.1) is 0 Å². The van der Waals surface area contributed by atoms with E-state index in [4.69, 9.17) is 9.84 Å². The molecule has 0 aliphatic carbocycles. The number of aliphatic carboxylic acids is 1. The molecule has 0 atom stereocenters. The molecule has 0 aromatic heterocycles. The third-order valence-corrected chi connectivity index (χ3v) is 1.94. The Balaban J connectivity index is 3.23. The molecule has 74 valence electrons. The van der Waals surface area contributed by atoms with E-state index in [9.17, 15) is 4.79 Å². The highest BCUT2D eigenvalue weighted by atomic mass is 16.5. The van der Waals surface area contributed by atoms with Crippen LogP contribution in [0.25, 0.3) is 5.57 Å². The summed E-state index contributed by atoms with van der Waals surface area (Å²) in [6.07, 6.45) is 0. The maximum Gasteiger partial charge on any atom is 0.335 e. The van der Waals surface area contributed by atoms with Crippen molar-refractivity contribution in [3.05, 3.63) is 35.9 Å². The SMILES string of the molecule is C=C(C(=O)O)c1cc(C)ccc1OC. The lowest BCUT2D eigenvalue weighted by molar-refractivity contribution is -0.130. The standard InChI is InChI=1S/C11H12O3/c1-7-4-5-10(14-3)9(6-7)8(2)11(12)13/h4-6H,2H2,1,3H3,(H,12,13). The van der Waals surface area contributed by atoms with E-state index >= 15 is 0 Å². The number of ether oxygens (including phenoxy) is 1. The number of carboxylic acid groups (broad SMARTS) is 1. The molecule has 0 amide bonds. The van der Waals surface area contributed by atoms with Gasteiger partial charge in [-0.25, -0.2) is 4.79 Å². The fraction of sp³-hybridized carbons (Fsp3) is 0.182. The van der Waals surface area contributed by atoms with Crippen LogP contribution in [0, 0.1) is 6.92 Å². The summed E-state index contributed by atoms with van der Waals surface area (Å²) in [7, 11) is 1.50. The second kappa shape index (κ2) is 3.96. The summed E-state index contributed by atoms with van der Waals surface area (Å²) in [4.78, 5) is 10.7. The van der Waals surface area contributed by atoms with Crippen molar-refractivity contribution < 1.29 is 14.6 Å². The molecule has 0 radical (unpaired) electrons. The Bertz CT molecular complexity index is 380. The van der Waals surface area contributed by atoms with Crippen LogP contribution in [-0.4, -0.2) is 18.2 Å². The molecule has 1 rings (SSSR count). The summed E-state index contributed by atoms with van der Waals surface area (Å²) in [5.74, 6) is -0.503. The van der Waals surface area contributed by atoms with E-state index in [2.05, 4.69) is 6.58 Å². The molecule has 0 spiro atoms. The fourth-order valence-electron chi connectivity index (χ4n) is 1.17. The summed E-state index contributed by atoms with van der Waals surface area (Å²) in [6, 6.07) is 5.34. The van der Waals surface area contributed by atoms with Crippen molar-refractivity contribution in [1.29, 1.82) is 0 Å². The Morgan fingerprint density at radius 3 is 2.64 bits per heavy atom. The van der Waals surface area contributed by atoms with Crippen LogP contribution in [0.3, 0.4) is 0 Å². The van der Waals surface area contributed by atoms with Crippen molar-refractivity contribution in [2.75, 3.05) is 7.11 Å². The predicted molar refractivity (Wildman–Crippen MR) is 54.4 cm³/mol. The monoisotopic (exact) mass is 192 g/mol. The van der Waals surface area contributed by atoms with Gasteiger partial charge in [-0.05, 0) is 19.1 Å². The van der Waals surface area contributed by atoms with Gasteiger partial charge in [0, 0.05) is 5.56 Å². The Morgan fingerprint density at radius 1 is 1.50 bits per heavy atom. The first kappa shape index (κ1) is 10.3. The highest BCUT2D eigenvalue weighted by Gasteiger charge is 2.12. The van der Waals surface area contributed by atoms with Gasteiger partial charge in [0.05, 0.1) is 12.7 Å². The third kappa shape index (κ3) is 1.93. The molecule has 0 fully saturated rings. The average molecular weight is 192 g/mol. The van der Waals surface area contributed by atoms with E-state index in [0.717, 1.165) is 5.56 Å². The van der Waals surface area contributed by atoms with Crippen LogP contribution >= 0.6 is 0 Å². The molecule has 0 aliphatic rings. The van der Waals surface area contributed by atoms with Crippen LogP contribution in [0.2, 0.25) is 0 Å². The van der Waals surface area contributed by atoms with Gasteiger partial charge in [0.2, 0.25) is 0 Å². The molecule has 0 saturated heterocycles. The highest BCUT2D eigenvalue weighted by molar-refractivity contribution is 6.15. The quantitative estimate of drug-likeness (QED) is 0.746. The number of carbonyl (C=O) groups is 1. The lowest BCUT2D eigenvalue weighted by Crippen LogP contribution is -2.00. The molecular weight excluding hydrogens is 180 g/mol. The smallest absolute Gasteiger partial charge is 0.335 e. The van der Waals surface area contributed by atoms with Crippen LogP contribution < -0.4 is 4.74 Å². The Hall–Kier alpha value is -1.77. The van der Waals surface area contributed by atoms with E-state index < -0.39 is 5.97 Å². The van der Waals surface area contributed by atoms with Crippen LogP contribution in [0.4, 0.5) is 0 Å². The minimum atomic E-state index is -1.03. The molecule has 0 unspecified atom stereocenters. The van der Waals surface area contributed by atoms with E-state index in [1.807, 2.05) is 13.0 Å². The van der Waals surface area contributed by atoms with Gasteiger partial charge in [0.25, 0.3) is 0 Å². The first-order chi connectivity index (χ1) is 6.56. The van der Waals surface area contributed by atoms with Crippen molar-refractivity contribution in [3.8, 4) is 5.75 Å². The molecule has 0 bridgehead atoms. The molecule has 0 heterocycles. The van der Waals surface area contributed by atoms with Crippen molar-refractivity contribution in [1.82, 2.24) is 0 Å². The number of carboxylic acids is 1. The molecule has 3 nitrogen and oxygen atoms in total. The lowest BCUT2D eigenvalue weighted by Gasteiger charge is -2.08. The van der Waals surface area contributed by atoms with Gasteiger partial charge in [0.1, 0.15) is 5.75 Å². The number of methoxy groups -OCH3 is 1. The Kier molecular flexibility index (Phi) is 2.92. The Labute approximate surface area is 82.6 Å². The lowest BCUT2D eigenvalue weighted by atomic mass is 10.0. The molecule has 1 aromatic carbocycles. The summed E-state index contributed by atoms with van der Waals surface area (Å²) in [6.45, 7) is 5.38. The third-order valence-electron chi connectivity index (χ3n) is 1.94. The average Bonchev–Trinajstić information content (AvgIpc) is 2.16. The van der Waals surface area contributed by atoms with Crippen LogP contribution in [0.15, 0.2) is 24.8 Å². The zero-order valence-corrected chi connectivity index (χ0v) is 8.20. The molecule has 1 N–H and O–H groups in total. The molecule has 1 aromatic rings. The van der Waals surface area contributed by atoms with Gasteiger partial charge in [-0.1, -0.05) is 18.2 Å². The Morgan fingerprint density at radius 2 is 2.14 bits per heavy atom. The van der Waals surface area contributed by atoms with Crippen LogP contribution in [0.5, 0.6) is 5.75 Å². The summed E-state index contributed by atoms with van der Waals surface area (Å²) >= 11 is 0. The minimum Gasteiger partial charge on any atom is -0.496 e. The fourth-order valence-corrected chi connectivity index (χ4v) is 1.17. The van der Waals surface area contributed by atoms with Crippen LogP contribution in [-0.2, 0) is 4.79 Å². The number of benzene rings is 1. The van der Waals surface area contributed by atoms with Gasteiger partial charge in [-0.2, -0.15) is 0 Å². The normalized spacial score (nSPS) is 9.57. The number of aryl methyl sites for hydroxylation is 1. The number of hydrogen-bond acceptors (Lipinski definition) is 2. The largest absolute Gasteiger partial charge is 0.496 e. The number of rotatable bonds is 3. The zero-order valence-electron chi connectivity index (χ0n) is 8.20. The highest BCUT2D eigenvalue weighted by Crippen LogP contribution is 2.25. The van der Waals surface area contributed by atoms with Crippen molar-refractivity contribution in [2.24, 2.45) is 0 Å². The van der Waals surface area contributed by atoms with E-state index in [1.54, 1.807) is 12.1 Å². The zero-order chi connectivity index (χ0) is 10.7. The van der Waals surface area contributed by atoms with E-state index in [1.165, 1.54) is 7.11 Å². The molecule has 0 aliphatic heterocycles. The molecule has 14 heavy (non-hydrogen) atoms. The topological polar surface area (TPSA) is 46.5 Å². The first-order valence-electron chi connectivity index (χ1n) is 4.13. The molecule has 0 saturated carbocycles. The molecular formula is C11H12O3. The van der Waals surface area contributed by atoms with Gasteiger partial charge < -0.3 is 9.84 Å². The summed E-state index contributed by atoms with van der Waals surface area (Å²) in [5.41, 5.74) is 1.55. The minimum absolute atomic E-state index is 0.0468. The number of hydrogen-bond donors (Lipinski definition) is 1. The van der Waals surface area contributed by atoms with Gasteiger partial charge in [-0.3, -0.25) is 0 Å². The van der Waals surface area contributed by atoms with E-state index in [-0.39, 0.29) is 5.57 Å². The van der Waals surface area contributed by atoms with Gasteiger partial charge >= 0.3 is 5.97 Å².